The predicted octanol–water partition coefficient (Wildman–Crippen LogP) is 4.32. The molecule has 0 aliphatic heterocycles. The summed E-state index contributed by atoms with van der Waals surface area (Å²) in [5.41, 5.74) is 2.77. The van der Waals surface area contributed by atoms with Crippen molar-refractivity contribution < 1.29 is 0 Å². The summed E-state index contributed by atoms with van der Waals surface area (Å²) in [5, 5.41) is 5.40. The molecule has 0 spiro atoms. The van der Waals surface area contributed by atoms with E-state index in [2.05, 4.69) is 53.8 Å². The van der Waals surface area contributed by atoms with E-state index in [1.165, 1.54) is 0 Å². The van der Waals surface area contributed by atoms with Gasteiger partial charge in [0.15, 0.2) is 0 Å². The standard InChI is InChI=1S/C15H9Br2N3/c1-2-3-10-8-19-20(9-10)14-4-5-18-13-7-11(16)6-12(17)15(13)14/h4-9H,1H3. The number of nitrogens with zero attached hydrogens (tertiary/aromatic N) is 3. The minimum absolute atomic E-state index is 0.894. The van der Waals surface area contributed by atoms with Crippen LogP contribution in [0.5, 0.6) is 0 Å². The molecule has 0 aliphatic carbocycles. The maximum absolute atomic E-state index is 4.40. The Labute approximate surface area is 133 Å². The molecule has 5 heteroatoms. The minimum atomic E-state index is 0.894. The van der Waals surface area contributed by atoms with E-state index in [1.807, 2.05) is 36.0 Å². The molecule has 1 aromatic carbocycles. The van der Waals surface area contributed by atoms with E-state index in [0.717, 1.165) is 31.1 Å². The Balaban J connectivity index is 2.26. The van der Waals surface area contributed by atoms with Crippen LogP contribution in [0.15, 0.2) is 45.7 Å². The van der Waals surface area contributed by atoms with E-state index in [-0.39, 0.29) is 0 Å². The third-order valence-electron chi connectivity index (χ3n) is 2.84. The fourth-order valence-electron chi connectivity index (χ4n) is 2.04. The molecule has 98 valence electrons. The van der Waals surface area contributed by atoms with E-state index >= 15 is 0 Å². The van der Waals surface area contributed by atoms with Crippen LogP contribution in [0.2, 0.25) is 0 Å². The Morgan fingerprint density at radius 2 is 2.10 bits per heavy atom. The van der Waals surface area contributed by atoms with Gasteiger partial charge in [-0.2, -0.15) is 5.10 Å². The van der Waals surface area contributed by atoms with Crippen LogP contribution in [0.1, 0.15) is 12.5 Å². The zero-order valence-electron chi connectivity index (χ0n) is 10.6. The van der Waals surface area contributed by atoms with Crippen molar-refractivity contribution in [1.82, 2.24) is 14.8 Å². The zero-order chi connectivity index (χ0) is 14.1. The van der Waals surface area contributed by atoms with Gasteiger partial charge >= 0.3 is 0 Å². The summed E-state index contributed by atoms with van der Waals surface area (Å²) in [6, 6.07) is 5.93. The first-order valence-electron chi connectivity index (χ1n) is 5.90. The van der Waals surface area contributed by atoms with Crippen molar-refractivity contribution in [3.05, 3.63) is 51.3 Å². The molecular formula is C15H9Br2N3. The Kier molecular flexibility index (Phi) is 3.60. The number of halogens is 2. The van der Waals surface area contributed by atoms with Crippen LogP contribution >= 0.6 is 31.9 Å². The van der Waals surface area contributed by atoms with Gasteiger partial charge in [-0.15, -0.1) is 5.92 Å². The minimum Gasteiger partial charge on any atom is -0.256 e. The second-order valence-electron chi connectivity index (χ2n) is 4.16. The molecule has 0 saturated carbocycles. The Hall–Kier alpha value is -1.64. The van der Waals surface area contributed by atoms with Crippen molar-refractivity contribution in [2.75, 3.05) is 0 Å². The number of benzene rings is 1. The van der Waals surface area contributed by atoms with Gasteiger partial charge in [0, 0.05) is 26.7 Å². The number of hydrogen-bond acceptors (Lipinski definition) is 2. The maximum Gasteiger partial charge on any atom is 0.0766 e. The normalized spacial score (nSPS) is 10.3. The van der Waals surface area contributed by atoms with Crippen LogP contribution in [0.3, 0.4) is 0 Å². The average Bonchev–Trinajstić information content (AvgIpc) is 2.86. The third kappa shape index (κ3) is 2.37. The molecule has 0 fully saturated rings. The van der Waals surface area contributed by atoms with Crippen molar-refractivity contribution in [2.24, 2.45) is 0 Å². The first-order chi connectivity index (χ1) is 9.69. The highest BCUT2D eigenvalue weighted by atomic mass is 79.9. The van der Waals surface area contributed by atoms with Crippen molar-refractivity contribution in [1.29, 1.82) is 0 Å². The molecule has 2 aromatic heterocycles. The average molecular weight is 391 g/mol. The highest BCUT2D eigenvalue weighted by Gasteiger charge is 2.10. The Morgan fingerprint density at radius 3 is 2.90 bits per heavy atom. The summed E-state index contributed by atoms with van der Waals surface area (Å²) in [4.78, 5) is 4.40. The SMILES string of the molecule is CC#Cc1cnn(-c2ccnc3cc(Br)cc(Br)c23)c1. The second-order valence-corrected chi connectivity index (χ2v) is 5.93. The topological polar surface area (TPSA) is 30.7 Å². The van der Waals surface area contributed by atoms with E-state index < -0.39 is 0 Å². The van der Waals surface area contributed by atoms with Crippen molar-refractivity contribution in [3.63, 3.8) is 0 Å². The van der Waals surface area contributed by atoms with Crippen molar-refractivity contribution in [2.45, 2.75) is 6.92 Å². The lowest BCUT2D eigenvalue weighted by molar-refractivity contribution is 0.886. The quantitative estimate of drug-likeness (QED) is 0.579. The number of pyridine rings is 1. The maximum atomic E-state index is 4.40. The lowest BCUT2D eigenvalue weighted by Crippen LogP contribution is -1.97. The molecule has 0 saturated heterocycles. The summed E-state index contributed by atoms with van der Waals surface area (Å²) in [6.45, 7) is 1.81. The molecule has 0 N–H and O–H groups in total. The molecule has 0 atom stereocenters. The molecule has 3 aromatic rings. The van der Waals surface area contributed by atoms with E-state index in [0.29, 0.717) is 0 Å². The highest BCUT2D eigenvalue weighted by Crippen LogP contribution is 2.31. The molecule has 20 heavy (non-hydrogen) atoms. The first-order valence-corrected chi connectivity index (χ1v) is 7.49. The molecule has 0 bridgehead atoms. The van der Waals surface area contributed by atoms with Gasteiger partial charge in [0.25, 0.3) is 0 Å². The Morgan fingerprint density at radius 1 is 1.25 bits per heavy atom. The third-order valence-corrected chi connectivity index (χ3v) is 3.92. The lowest BCUT2D eigenvalue weighted by Gasteiger charge is -2.08. The van der Waals surface area contributed by atoms with Crippen molar-refractivity contribution >= 4 is 42.8 Å². The van der Waals surface area contributed by atoms with Gasteiger partial charge in [-0.05, 0) is 41.1 Å². The van der Waals surface area contributed by atoms with Crippen molar-refractivity contribution in [3.8, 4) is 17.5 Å². The molecule has 3 nitrogen and oxygen atoms in total. The molecule has 0 amide bonds. The smallest absolute Gasteiger partial charge is 0.0766 e. The van der Waals surface area contributed by atoms with Crippen LogP contribution < -0.4 is 0 Å². The highest BCUT2D eigenvalue weighted by molar-refractivity contribution is 9.11. The van der Waals surface area contributed by atoms with Gasteiger partial charge in [-0.1, -0.05) is 21.9 Å². The van der Waals surface area contributed by atoms with E-state index in [9.17, 15) is 0 Å². The monoisotopic (exact) mass is 389 g/mol. The predicted molar refractivity (Wildman–Crippen MR) is 86.8 cm³/mol. The summed E-state index contributed by atoms with van der Waals surface area (Å²) < 4.78 is 3.78. The number of aromatic nitrogens is 3. The first kappa shape index (κ1) is 13.3. The summed E-state index contributed by atoms with van der Waals surface area (Å²) in [6.07, 6.45) is 5.46. The fourth-order valence-corrected chi connectivity index (χ4v) is 3.45. The molecule has 0 radical (unpaired) electrons. The van der Waals surface area contributed by atoms with Gasteiger partial charge in [0.05, 0.1) is 23.0 Å². The molecule has 0 aliphatic rings. The molecular weight excluding hydrogens is 382 g/mol. The van der Waals surface area contributed by atoms with Crippen LogP contribution in [0, 0.1) is 11.8 Å². The van der Waals surface area contributed by atoms with Gasteiger partial charge in [-0.3, -0.25) is 4.98 Å². The molecule has 0 unspecified atom stereocenters. The molecule has 3 rings (SSSR count). The van der Waals surface area contributed by atoms with E-state index in [1.54, 1.807) is 12.4 Å². The van der Waals surface area contributed by atoms with Gasteiger partial charge < -0.3 is 0 Å². The van der Waals surface area contributed by atoms with Gasteiger partial charge in [0.1, 0.15) is 0 Å². The van der Waals surface area contributed by atoms with Gasteiger partial charge in [0.2, 0.25) is 0 Å². The number of fused-ring (bicyclic) bond motifs is 1. The summed E-state index contributed by atoms with van der Waals surface area (Å²) >= 11 is 7.07. The second kappa shape index (κ2) is 5.39. The summed E-state index contributed by atoms with van der Waals surface area (Å²) in [7, 11) is 0. The number of hydrogen-bond donors (Lipinski definition) is 0. The van der Waals surface area contributed by atoms with Crippen LogP contribution in [-0.4, -0.2) is 14.8 Å². The van der Waals surface area contributed by atoms with Gasteiger partial charge in [-0.25, -0.2) is 4.68 Å². The lowest BCUT2D eigenvalue weighted by atomic mass is 10.2. The largest absolute Gasteiger partial charge is 0.256 e. The van der Waals surface area contributed by atoms with Crippen LogP contribution in [0.25, 0.3) is 16.6 Å². The fraction of sp³-hybridized carbons (Fsp3) is 0.0667. The Bertz CT molecular complexity index is 856. The molecule has 2 heterocycles. The van der Waals surface area contributed by atoms with E-state index in [4.69, 9.17) is 0 Å². The van der Waals surface area contributed by atoms with Crippen LogP contribution in [-0.2, 0) is 0 Å². The van der Waals surface area contributed by atoms with Crippen LogP contribution in [0.4, 0.5) is 0 Å². The summed E-state index contributed by atoms with van der Waals surface area (Å²) in [5.74, 6) is 5.87. The zero-order valence-corrected chi connectivity index (χ0v) is 13.7. The number of rotatable bonds is 1.